The highest BCUT2D eigenvalue weighted by Crippen LogP contribution is 2.36. The van der Waals surface area contributed by atoms with Crippen molar-refractivity contribution in [2.75, 3.05) is 6.61 Å². The van der Waals surface area contributed by atoms with Crippen LogP contribution in [-0.4, -0.2) is 36.0 Å². The van der Waals surface area contributed by atoms with Crippen LogP contribution in [-0.2, 0) is 4.79 Å². The Labute approximate surface area is 157 Å². The van der Waals surface area contributed by atoms with Crippen LogP contribution in [0, 0.1) is 29.6 Å². The molecule has 4 N–H and O–H groups in total. The molecular weight excluding hydrogens is 354 g/mol. The Kier molecular flexibility index (Phi) is 8.63. The van der Waals surface area contributed by atoms with E-state index in [4.69, 9.17) is 10.8 Å². The average Bonchev–Trinajstić information content (AvgIpc) is 3.44. The molecule has 1 aromatic rings. The van der Waals surface area contributed by atoms with E-state index in [1.54, 1.807) is 12.1 Å². The lowest BCUT2D eigenvalue weighted by atomic mass is 10.0. The van der Waals surface area contributed by atoms with Gasteiger partial charge in [-0.3, -0.25) is 9.59 Å². The third-order valence-corrected chi connectivity index (χ3v) is 4.22. The predicted octanol–water partition coefficient (Wildman–Crippen LogP) is 1.95. The summed E-state index contributed by atoms with van der Waals surface area (Å²) in [5.74, 6) is 3.42. The Balaban J connectivity index is 0.00000176. The van der Waals surface area contributed by atoms with Crippen LogP contribution in [0.2, 0.25) is 0 Å². The number of halogens is 2. The summed E-state index contributed by atoms with van der Waals surface area (Å²) >= 11 is 0. The molecule has 7 heteroatoms. The quantitative estimate of drug-likeness (QED) is 0.522. The van der Waals surface area contributed by atoms with E-state index in [-0.39, 0.29) is 24.0 Å². The van der Waals surface area contributed by atoms with Crippen LogP contribution in [0.4, 0.5) is 8.78 Å². The summed E-state index contributed by atoms with van der Waals surface area (Å²) in [6.07, 6.45) is -1.89. The zero-order valence-electron chi connectivity index (χ0n) is 15.1. The number of hydrogen-bond acceptors (Lipinski definition) is 3. The summed E-state index contributed by atoms with van der Waals surface area (Å²) in [6, 6.07) is 4.82. The maximum Gasteiger partial charge on any atom is 0.251 e. The highest BCUT2D eigenvalue weighted by molar-refractivity contribution is 5.97. The fourth-order valence-corrected chi connectivity index (χ4v) is 2.34. The van der Waals surface area contributed by atoms with Crippen molar-refractivity contribution in [2.45, 2.75) is 25.8 Å². The van der Waals surface area contributed by atoms with Crippen molar-refractivity contribution in [1.82, 2.24) is 5.32 Å². The smallest absolute Gasteiger partial charge is 0.251 e. The molecule has 0 bridgehead atoms. The van der Waals surface area contributed by atoms with Gasteiger partial charge in [-0.15, -0.1) is 13.2 Å². The van der Waals surface area contributed by atoms with Crippen molar-refractivity contribution >= 4 is 11.8 Å². The molecular formula is C20H24F2N2O3. The molecule has 0 radical (unpaired) electrons. The van der Waals surface area contributed by atoms with Gasteiger partial charge in [0.1, 0.15) is 6.04 Å². The average molecular weight is 378 g/mol. The fourth-order valence-electron chi connectivity index (χ4n) is 2.34. The van der Waals surface area contributed by atoms with E-state index in [0.29, 0.717) is 5.56 Å². The third kappa shape index (κ3) is 6.50. The Morgan fingerprint density at radius 2 is 1.93 bits per heavy atom. The summed E-state index contributed by atoms with van der Waals surface area (Å²) in [6.45, 7) is 7.28. The Morgan fingerprint density at radius 1 is 1.33 bits per heavy atom. The van der Waals surface area contributed by atoms with Gasteiger partial charge in [0, 0.05) is 29.6 Å². The molecule has 146 valence electrons. The van der Waals surface area contributed by atoms with E-state index in [1.807, 2.05) is 0 Å². The normalized spacial score (nSPS) is 19.6. The van der Waals surface area contributed by atoms with Gasteiger partial charge >= 0.3 is 0 Å². The van der Waals surface area contributed by atoms with Gasteiger partial charge in [0.25, 0.3) is 5.91 Å². The van der Waals surface area contributed by atoms with Gasteiger partial charge in [-0.2, -0.15) is 0 Å². The molecule has 1 aromatic carbocycles. The molecule has 4 atom stereocenters. The number of carbonyl (C=O) groups is 2. The highest BCUT2D eigenvalue weighted by atomic mass is 19.3. The Hall–Kier alpha value is -2.72. The van der Waals surface area contributed by atoms with Gasteiger partial charge in [-0.25, -0.2) is 8.78 Å². The number of aliphatic hydroxyl groups is 1. The molecule has 5 nitrogen and oxygen atoms in total. The molecule has 1 fully saturated rings. The molecule has 0 spiro atoms. The van der Waals surface area contributed by atoms with Crippen LogP contribution >= 0.6 is 0 Å². The number of nitrogens with one attached hydrogen (secondary N) is 1. The largest absolute Gasteiger partial charge is 0.396 e. The topological polar surface area (TPSA) is 92.4 Å². The zero-order chi connectivity index (χ0) is 20.6. The number of nitrogens with two attached hydrogens (primary N) is 1. The van der Waals surface area contributed by atoms with Gasteiger partial charge < -0.3 is 16.2 Å². The molecule has 0 aliphatic heterocycles. The Morgan fingerprint density at radius 3 is 2.37 bits per heavy atom. The third-order valence-electron chi connectivity index (χ3n) is 4.22. The number of rotatable bonds is 6. The number of primary amides is 1. The highest BCUT2D eigenvalue weighted by Gasteiger charge is 2.34. The second-order valence-corrected chi connectivity index (χ2v) is 6.18. The number of benzene rings is 1. The van der Waals surface area contributed by atoms with Gasteiger partial charge in [-0.05, 0) is 36.6 Å². The molecule has 0 aromatic heterocycles. The molecule has 1 aliphatic carbocycles. The minimum absolute atomic E-state index is 0.135. The summed E-state index contributed by atoms with van der Waals surface area (Å²) < 4.78 is 25.5. The fraction of sp³-hybridized carbons (Fsp3) is 0.400. The first-order valence-electron chi connectivity index (χ1n) is 8.44. The number of aliphatic hydroxyl groups excluding tert-OH is 1. The lowest BCUT2D eigenvalue weighted by Gasteiger charge is -2.21. The molecule has 2 rings (SSSR count). The van der Waals surface area contributed by atoms with Crippen molar-refractivity contribution in [2.24, 2.45) is 23.5 Å². The van der Waals surface area contributed by atoms with Crippen LogP contribution in [0.5, 0.6) is 0 Å². The molecule has 0 saturated heterocycles. The number of alkyl halides is 2. The van der Waals surface area contributed by atoms with Crippen molar-refractivity contribution in [1.29, 1.82) is 0 Å². The molecule has 4 unspecified atom stereocenters. The van der Waals surface area contributed by atoms with Crippen molar-refractivity contribution in [3.8, 4) is 11.8 Å². The van der Waals surface area contributed by atoms with Crippen LogP contribution in [0.3, 0.4) is 0 Å². The van der Waals surface area contributed by atoms with Crippen molar-refractivity contribution < 1.29 is 23.5 Å². The predicted molar refractivity (Wildman–Crippen MR) is 98.9 cm³/mol. The second-order valence-electron chi connectivity index (χ2n) is 6.18. The lowest BCUT2D eigenvalue weighted by Crippen LogP contribution is -2.50. The maximum atomic E-state index is 12.8. The SMILES string of the molecule is C=C.CC(C(F)F)C(NC(=O)c1ccc(C#CC2CC2CO)cc1)C(N)=O. The molecule has 1 aliphatic rings. The van der Waals surface area contributed by atoms with E-state index in [9.17, 15) is 18.4 Å². The zero-order valence-corrected chi connectivity index (χ0v) is 15.1. The van der Waals surface area contributed by atoms with Crippen molar-refractivity contribution in [3.63, 3.8) is 0 Å². The first-order chi connectivity index (χ1) is 12.8. The van der Waals surface area contributed by atoms with E-state index in [2.05, 4.69) is 30.3 Å². The van der Waals surface area contributed by atoms with Gasteiger partial charge in [0.2, 0.25) is 12.3 Å². The van der Waals surface area contributed by atoms with Gasteiger partial charge in [0.15, 0.2) is 0 Å². The summed E-state index contributed by atoms with van der Waals surface area (Å²) in [5.41, 5.74) is 6.02. The van der Waals surface area contributed by atoms with Gasteiger partial charge in [0.05, 0.1) is 0 Å². The van der Waals surface area contributed by atoms with Crippen LogP contribution in [0.1, 0.15) is 29.3 Å². The molecule has 2 amide bonds. The summed E-state index contributed by atoms with van der Waals surface area (Å²) in [4.78, 5) is 23.4. The monoisotopic (exact) mass is 378 g/mol. The van der Waals surface area contributed by atoms with Crippen molar-refractivity contribution in [3.05, 3.63) is 48.6 Å². The van der Waals surface area contributed by atoms with E-state index >= 15 is 0 Å². The lowest BCUT2D eigenvalue weighted by molar-refractivity contribution is -0.122. The maximum absolute atomic E-state index is 12.8. The number of hydrogen-bond donors (Lipinski definition) is 3. The van der Waals surface area contributed by atoms with E-state index in [1.165, 1.54) is 12.1 Å². The van der Waals surface area contributed by atoms with Crippen LogP contribution in [0.15, 0.2) is 37.4 Å². The van der Waals surface area contributed by atoms with E-state index < -0.39 is 30.2 Å². The standard InChI is InChI=1S/C18H20F2N2O3.C2H4/c1-10(16(19)20)15(17(21)24)22-18(25)12-5-2-11(3-6-12)4-7-13-8-14(13)9-23;1-2/h2-3,5-6,10,13-16,23H,8-9H2,1H3,(H2,21,24)(H,22,25);1-2H2. The molecule has 0 heterocycles. The summed E-state index contributed by atoms with van der Waals surface area (Å²) in [7, 11) is 0. The van der Waals surface area contributed by atoms with E-state index in [0.717, 1.165) is 13.3 Å². The minimum Gasteiger partial charge on any atom is -0.396 e. The number of carbonyl (C=O) groups excluding carboxylic acids is 2. The molecule has 27 heavy (non-hydrogen) atoms. The molecule has 1 saturated carbocycles. The first kappa shape index (κ1) is 22.3. The van der Waals surface area contributed by atoms with Crippen LogP contribution in [0.25, 0.3) is 0 Å². The van der Waals surface area contributed by atoms with Gasteiger partial charge in [-0.1, -0.05) is 18.8 Å². The first-order valence-corrected chi connectivity index (χ1v) is 8.44. The van der Waals surface area contributed by atoms with Crippen LogP contribution < -0.4 is 11.1 Å². The Bertz CT molecular complexity index is 710. The second kappa shape index (κ2) is 10.4. The minimum atomic E-state index is -2.78. The summed E-state index contributed by atoms with van der Waals surface area (Å²) in [5, 5.41) is 11.2. The number of amides is 2.